The van der Waals surface area contributed by atoms with E-state index in [9.17, 15) is 0 Å². The third-order valence-electron chi connectivity index (χ3n) is 3.17. The molecule has 1 aliphatic carbocycles. The summed E-state index contributed by atoms with van der Waals surface area (Å²) >= 11 is 8.05. The molecule has 2 nitrogen and oxygen atoms in total. The summed E-state index contributed by atoms with van der Waals surface area (Å²) in [4.78, 5) is 4.44. The van der Waals surface area contributed by atoms with Crippen LogP contribution in [-0.2, 0) is 6.54 Å². The van der Waals surface area contributed by atoms with Crippen LogP contribution in [0.4, 0.5) is 0 Å². The number of rotatable bonds is 4. The van der Waals surface area contributed by atoms with Crippen LogP contribution in [0.15, 0.2) is 5.38 Å². The maximum atomic E-state index is 6.32. The number of hydrogen-bond acceptors (Lipinski definition) is 3. The molecule has 1 fully saturated rings. The van der Waals surface area contributed by atoms with Crippen LogP contribution < -0.4 is 5.32 Å². The average Bonchev–Trinajstić information content (AvgIpc) is 2.67. The molecule has 1 aromatic rings. The topological polar surface area (TPSA) is 24.9 Å². The Morgan fingerprint density at radius 2 is 2.31 bits per heavy atom. The molecule has 0 amide bonds. The fraction of sp³-hybridized carbons (Fsp3) is 0.750. The summed E-state index contributed by atoms with van der Waals surface area (Å²) in [6, 6.07) is 0. The Bertz CT molecular complexity index is 327. The lowest BCUT2D eigenvalue weighted by molar-refractivity contribution is 0.348. The van der Waals surface area contributed by atoms with E-state index in [1.807, 2.05) is 6.92 Å². The van der Waals surface area contributed by atoms with Crippen molar-refractivity contribution < 1.29 is 0 Å². The van der Waals surface area contributed by atoms with E-state index >= 15 is 0 Å². The third-order valence-corrected chi connectivity index (χ3v) is 4.71. The van der Waals surface area contributed by atoms with Gasteiger partial charge in [-0.05, 0) is 32.2 Å². The first-order valence-electron chi connectivity index (χ1n) is 6.01. The molecule has 0 aromatic carbocycles. The molecule has 0 aliphatic heterocycles. The van der Waals surface area contributed by atoms with Crippen LogP contribution in [0, 0.1) is 12.8 Å². The molecule has 1 aliphatic rings. The largest absolute Gasteiger partial charge is 0.310 e. The van der Waals surface area contributed by atoms with Gasteiger partial charge in [-0.3, -0.25) is 0 Å². The lowest BCUT2D eigenvalue weighted by atomic mass is 9.89. The summed E-state index contributed by atoms with van der Waals surface area (Å²) in [5.74, 6) is 0.650. The molecule has 1 aromatic heterocycles. The molecule has 4 heteroatoms. The van der Waals surface area contributed by atoms with Crippen molar-refractivity contribution in [1.29, 1.82) is 0 Å². The van der Waals surface area contributed by atoms with Gasteiger partial charge in [-0.2, -0.15) is 0 Å². The number of nitrogens with zero attached hydrogens (tertiary/aromatic N) is 1. The molecule has 0 spiro atoms. The summed E-state index contributed by atoms with van der Waals surface area (Å²) in [6.45, 7) is 3.96. The number of aryl methyl sites for hydroxylation is 1. The molecular weight excluding hydrogens is 240 g/mol. The Balaban J connectivity index is 1.71. The maximum absolute atomic E-state index is 6.32. The fourth-order valence-corrected chi connectivity index (χ4v) is 3.35. The second kappa shape index (κ2) is 5.99. The molecule has 1 heterocycles. The second-order valence-electron chi connectivity index (χ2n) is 4.57. The van der Waals surface area contributed by atoms with E-state index in [-0.39, 0.29) is 0 Å². The molecule has 0 saturated heterocycles. The lowest BCUT2D eigenvalue weighted by Gasteiger charge is -2.27. The third kappa shape index (κ3) is 3.44. The van der Waals surface area contributed by atoms with Crippen LogP contribution in [-0.4, -0.2) is 16.9 Å². The Hall–Kier alpha value is -0.120. The van der Waals surface area contributed by atoms with Gasteiger partial charge in [-0.1, -0.05) is 12.8 Å². The van der Waals surface area contributed by atoms with E-state index < -0.39 is 0 Å². The zero-order valence-electron chi connectivity index (χ0n) is 9.71. The molecule has 2 rings (SSSR count). The Labute approximate surface area is 106 Å². The molecule has 1 saturated carbocycles. The quantitative estimate of drug-likeness (QED) is 0.838. The number of nitrogens with one attached hydrogen (secondary N) is 1. The van der Waals surface area contributed by atoms with Gasteiger partial charge in [0.25, 0.3) is 0 Å². The molecule has 90 valence electrons. The van der Waals surface area contributed by atoms with Crippen LogP contribution in [0.5, 0.6) is 0 Å². The summed E-state index contributed by atoms with van der Waals surface area (Å²) in [5.41, 5.74) is 1.12. The van der Waals surface area contributed by atoms with E-state index in [2.05, 4.69) is 15.7 Å². The highest BCUT2D eigenvalue weighted by Crippen LogP contribution is 2.28. The summed E-state index contributed by atoms with van der Waals surface area (Å²) in [5, 5.41) is 7.13. The zero-order chi connectivity index (χ0) is 11.4. The lowest BCUT2D eigenvalue weighted by Crippen LogP contribution is -2.30. The minimum absolute atomic E-state index is 0.374. The molecular formula is C12H19ClN2S. The zero-order valence-corrected chi connectivity index (χ0v) is 11.3. The van der Waals surface area contributed by atoms with Crippen LogP contribution in [0.1, 0.15) is 36.4 Å². The van der Waals surface area contributed by atoms with Crippen molar-refractivity contribution in [2.24, 2.45) is 5.92 Å². The first-order valence-corrected chi connectivity index (χ1v) is 7.33. The number of halogens is 1. The van der Waals surface area contributed by atoms with Gasteiger partial charge in [0.1, 0.15) is 5.01 Å². The highest BCUT2D eigenvalue weighted by molar-refractivity contribution is 7.09. The first kappa shape index (κ1) is 12.3. The van der Waals surface area contributed by atoms with Crippen molar-refractivity contribution in [1.82, 2.24) is 10.3 Å². The number of hydrogen-bond donors (Lipinski definition) is 1. The Morgan fingerprint density at radius 3 is 3.00 bits per heavy atom. The van der Waals surface area contributed by atoms with E-state index in [0.29, 0.717) is 11.3 Å². The number of alkyl halides is 1. The number of thiazole rings is 1. The van der Waals surface area contributed by atoms with Crippen molar-refractivity contribution in [2.45, 2.75) is 44.5 Å². The summed E-state index contributed by atoms with van der Waals surface area (Å²) < 4.78 is 0. The molecule has 0 radical (unpaired) electrons. The van der Waals surface area contributed by atoms with Gasteiger partial charge < -0.3 is 5.32 Å². The van der Waals surface area contributed by atoms with Gasteiger partial charge in [0.15, 0.2) is 0 Å². The van der Waals surface area contributed by atoms with Crippen LogP contribution in [0.3, 0.4) is 0 Å². The van der Waals surface area contributed by atoms with E-state index in [1.165, 1.54) is 30.7 Å². The highest BCUT2D eigenvalue weighted by Gasteiger charge is 2.22. The second-order valence-corrected chi connectivity index (χ2v) is 6.08. The first-order chi connectivity index (χ1) is 7.75. The summed E-state index contributed by atoms with van der Waals surface area (Å²) in [7, 11) is 0. The van der Waals surface area contributed by atoms with Crippen molar-refractivity contribution in [3.63, 3.8) is 0 Å². The fourth-order valence-electron chi connectivity index (χ4n) is 2.24. The number of aromatic nitrogens is 1. The Morgan fingerprint density at radius 1 is 1.50 bits per heavy atom. The van der Waals surface area contributed by atoms with Crippen molar-refractivity contribution in [3.8, 4) is 0 Å². The van der Waals surface area contributed by atoms with E-state index in [0.717, 1.165) is 18.8 Å². The SMILES string of the molecule is Cc1csc(CNCC2CCCCC2Cl)n1. The van der Waals surface area contributed by atoms with Gasteiger partial charge >= 0.3 is 0 Å². The van der Waals surface area contributed by atoms with Crippen LogP contribution >= 0.6 is 22.9 Å². The molecule has 2 unspecified atom stereocenters. The van der Waals surface area contributed by atoms with Gasteiger partial charge in [-0.15, -0.1) is 22.9 Å². The van der Waals surface area contributed by atoms with E-state index in [4.69, 9.17) is 11.6 Å². The smallest absolute Gasteiger partial charge is 0.107 e. The summed E-state index contributed by atoms with van der Waals surface area (Å²) in [6.07, 6.45) is 5.10. The van der Waals surface area contributed by atoms with Crippen LogP contribution in [0.2, 0.25) is 0 Å². The van der Waals surface area contributed by atoms with Crippen molar-refractivity contribution in [3.05, 3.63) is 16.1 Å². The standard InChI is InChI=1S/C12H19ClN2S/c1-9-8-16-12(15-9)7-14-6-10-4-2-3-5-11(10)13/h8,10-11,14H,2-7H2,1H3. The predicted octanol–water partition coefficient (Wildman–Crippen LogP) is 3.34. The van der Waals surface area contributed by atoms with Gasteiger partial charge in [0.05, 0.1) is 0 Å². The molecule has 2 atom stereocenters. The normalized spacial score (nSPS) is 25.9. The average molecular weight is 259 g/mol. The Kier molecular flexibility index (Phi) is 4.62. The minimum Gasteiger partial charge on any atom is -0.310 e. The highest BCUT2D eigenvalue weighted by atomic mass is 35.5. The van der Waals surface area contributed by atoms with E-state index in [1.54, 1.807) is 11.3 Å². The van der Waals surface area contributed by atoms with Gasteiger partial charge in [-0.25, -0.2) is 4.98 Å². The van der Waals surface area contributed by atoms with Gasteiger partial charge in [0, 0.05) is 23.0 Å². The maximum Gasteiger partial charge on any atom is 0.107 e. The molecule has 1 N–H and O–H groups in total. The van der Waals surface area contributed by atoms with Crippen molar-refractivity contribution >= 4 is 22.9 Å². The molecule has 0 bridgehead atoms. The monoisotopic (exact) mass is 258 g/mol. The molecule has 16 heavy (non-hydrogen) atoms. The van der Waals surface area contributed by atoms with Gasteiger partial charge in [0.2, 0.25) is 0 Å². The van der Waals surface area contributed by atoms with Crippen LogP contribution in [0.25, 0.3) is 0 Å². The minimum atomic E-state index is 0.374. The predicted molar refractivity (Wildman–Crippen MR) is 70.2 cm³/mol. The van der Waals surface area contributed by atoms with Crippen molar-refractivity contribution in [2.75, 3.05) is 6.54 Å².